The minimum absolute atomic E-state index is 0.0563. The lowest BCUT2D eigenvalue weighted by atomic mass is 9.93. The molecule has 0 saturated heterocycles. The van der Waals surface area contributed by atoms with Crippen LogP contribution >= 0.6 is 0 Å². The van der Waals surface area contributed by atoms with Crippen LogP contribution in [0.3, 0.4) is 0 Å². The molecule has 0 aliphatic rings. The molecule has 0 fully saturated rings. The Morgan fingerprint density at radius 1 is 1.57 bits per heavy atom. The summed E-state index contributed by atoms with van der Waals surface area (Å²) < 4.78 is 0. The molecule has 0 spiro atoms. The van der Waals surface area contributed by atoms with Crippen LogP contribution in [0.15, 0.2) is 18.5 Å². The van der Waals surface area contributed by atoms with Crippen LogP contribution in [0, 0.1) is 17.2 Å². The fraction of sp³-hybridized carbons (Fsp3) is 0.545. The second-order valence-electron chi connectivity index (χ2n) is 3.70. The Kier molecular flexibility index (Phi) is 3.73. The molecule has 14 heavy (non-hydrogen) atoms. The molecular formula is C11H17N3. The monoisotopic (exact) mass is 191 g/mol. The summed E-state index contributed by atoms with van der Waals surface area (Å²) in [4.78, 5) is 5.13. The first-order valence-corrected chi connectivity index (χ1v) is 4.89. The summed E-state index contributed by atoms with van der Waals surface area (Å²) in [5.41, 5.74) is 1.18. The highest BCUT2D eigenvalue weighted by Crippen LogP contribution is 2.28. The number of nitrogens with one attached hydrogen (secondary N) is 1. The highest BCUT2D eigenvalue weighted by atomic mass is 15.1. The number of hydrogen-bond donors (Lipinski definition) is 1. The summed E-state index contributed by atoms with van der Waals surface area (Å²) >= 11 is 0. The zero-order valence-electron chi connectivity index (χ0n) is 8.99. The fourth-order valence-corrected chi connectivity index (χ4v) is 1.80. The van der Waals surface area contributed by atoms with E-state index < -0.39 is 0 Å². The quantitative estimate of drug-likeness (QED) is 0.792. The number of H-pyrrole nitrogens is 1. The molecule has 0 aromatic carbocycles. The molecule has 1 heterocycles. The first-order valence-electron chi connectivity index (χ1n) is 4.89. The Morgan fingerprint density at radius 2 is 2.29 bits per heavy atom. The molecule has 0 aliphatic carbocycles. The molecule has 0 aliphatic heterocycles. The summed E-state index contributed by atoms with van der Waals surface area (Å²) in [6, 6.07) is 4.59. The third-order valence-electron chi connectivity index (χ3n) is 2.51. The predicted octanol–water partition coefficient (Wildman–Crippen LogP) is 2.17. The van der Waals surface area contributed by atoms with Gasteiger partial charge >= 0.3 is 0 Å². The second-order valence-corrected chi connectivity index (χ2v) is 3.70. The first kappa shape index (κ1) is 10.8. The maximum absolute atomic E-state index is 9.06. The summed E-state index contributed by atoms with van der Waals surface area (Å²) in [5.74, 6) is 0.0563. The molecule has 1 aromatic heterocycles. The molecule has 0 bridgehead atoms. The van der Waals surface area contributed by atoms with Crippen LogP contribution in [0.25, 0.3) is 0 Å². The van der Waals surface area contributed by atoms with Gasteiger partial charge in [0.2, 0.25) is 0 Å². The van der Waals surface area contributed by atoms with Gasteiger partial charge in [-0.25, -0.2) is 0 Å². The SMILES string of the molecule is CCC(C#N)C(c1cc[nH]c1)N(C)C. The van der Waals surface area contributed by atoms with E-state index in [9.17, 15) is 0 Å². The van der Waals surface area contributed by atoms with Crippen LogP contribution < -0.4 is 0 Å². The van der Waals surface area contributed by atoms with E-state index in [0.29, 0.717) is 0 Å². The van der Waals surface area contributed by atoms with Crippen LogP contribution in [0.2, 0.25) is 0 Å². The molecule has 1 rings (SSSR count). The second kappa shape index (κ2) is 4.83. The van der Waals surface area contributed by atoms with Crippen molar-refractivity contribution in [3.05, 3.63) is 24.0 Å². The van der Waals surface area contributed by atoms with Crippen LogP contribution in [0.5, 0.6) is 0 Å². The van der Waals surface area contributed by atoms with Gasteiger partial charge < -0.3 is 9.88 Å². The van der Waals surface area contributed by atoms with Crippen LogP contribution in [0.4, 0.5) is 0 Å². The van der Waals surface area contributed by atoms with Gasteiger partial charge in [-0.2, -0.15) is 5.26 Å². The first-order chi connectivity index (χ1) is 6.70. The molecular weight excluding hydrogens is 174 g/mol. The number of nitrogens with zero attached hydrogens (tertiary/aromatic N) is 2. The van der Waals surface area contributed by atoms with Crippen molar-refractivity contribution in [1.29, 1.82) is 5.26 Å². The summed E-state index contributed by atoms with van der Waals surface area (Å²) in [5, 5.41) is 9.06. The summed E-state index contributed by atoms with van der Waals surface area (Å²) in [6.07, 6.45) is 4.74. The molecule has 3 nitrogen and oxygen atoms in total. The highest BCUT2D eigenvalue weighted by molar-refractivity contribution is 5.17. The largest absolute Gasteiger partial charge is 0.367 e. The lowest BCUT2D eigenvalue weighted by Gasteiger charge is -2.27. The third-order valence-corrected chi connectivity index (χ3v) is 2.51. The number of aromatic amines is 1. The predicted molar refractivity (Wildman–Crippen MR) is 56.6 cm³/mol. The van der Waals surface area contributed by atoms with Crippen molar-refractivity contribution in [2.75, 3.05) is 14.1 Å². The Morgan fingerprint density at radius 3 is 2.64 bits per heavy atom. The van der Waals surface area contributed by atoms with Gasteiger partial charge in [-0.15, -0.1) is 0 Å². The van der Waals surface area contributed by atoms with Gasteiger partial charge in [-0.1, -0.05) is 6.92 Å². The Labute approximate surface area is 85.3 Å². The minimum Gasteiger partial charge on any atom is -0.367 e. The Bertz CT molecular complexity index is 295. The van der Waals surface area contributed by atoms with E-state index in [2.05, 4.69) is 22.9 Å². The number of hydrogen-bond acceptors (Lipinski definition) is 2. The Balaban J connectivity index is 2.91. The number of nitriles is 1. The standard InChI is InChI=1S/C11H17N3/c1-4-9(7-12)11(14(2)3)10-5-6-13-8-10/h5-6,8-9,11,13H,4H2,1-3H3. The van der Waals surface area contributed by atoms with E-state index in [1.165, 1.54) is 5.56 Å². The van der Waals surface area contributed by atoms with Gasteiger partial charge in [0, 0.05) is 12.4 Å². The average Bonchev–Trinajstić information content (AvgIpc) is 2.65. The van der Waals surface area contributed by atoms with E-state index in [1.807, 2.05) is 32.6 Å². The Hall–Kier alpha value is -1.27. The van der Waals surface area contributed by atoms with Gasteiger partial charge in [0.25, 0.3) is 0 Å². The van der Waals surface area contributed by atoms with E-state index in [-0.39, 0.29) is 12.0 Å². The summed E-state index contributed by atoms with van der Waals surface area (Å²) in [6.45, 7) is 2.05. The molecule has 0 amide bonds. The molecule has 1 N–H and O–H groups in total. The molecule has 0 radical (unpaired) electrons. The fourth-order valence-electron chi connectivity index (χ4n) is 1.80. The van der Waals surface area contributed by atoms with E-state index in [4.69, 9.17) is 5.26 Å². The van der Waals surface area contributed by atoms with Gasteiger partial charge in [0.1, 0.15) is 0 Å². The topological polar surface area (TPSA) is 42.8 Å². The zero-order valence-corrected chi connectivity index (χ0v) is 8.99. The van der Waals surface area contributed by atoms with Crippen molar-refractivity contribution in [2.24, 2.45) is 5.92 Å². The van der Waals surface area contributed by atoms with Gasteiger partial charge in [-0.05, 0) is 32.1 Å². The van der Waals surface area contributed by atoms with Crippen molar-refractivity contribution in [2.45, 2.75) is 19.4 Å². The molecule has 3 heteroatoms. The minimum atomic E-state index is 0.0563. The molecule has 0 saturated carbocycles. The molecule has 1 aromatic rings. The number of aromatic nitrogens is 1. The van der Waals surface area contributed by atoms with Gasteiger partial charge in [-0.3, -0.25) is 0 Å². The highest BCUT2D eigenvalue weighted by Gasteiger charge is 2.23. The average molecular weight is 191 g/mol. The van der Waals surface area contributed by atoms with E-state index in [1.54, 1.807) is 0 Å². The van der Waals surface area contributed by atoms with Crippen molar-refractivity contribution in [3.63, 3.8) is 0 Å². The molecule has 2 atom stereocenters. The summed E-state index contributed by atoms with van der Waals surface area (Å²) in [7, 11) is 4.02. The lowest BCUT2D eigenvalue weighted by molar-refractivity contribution is 0.241. The molecule has 76 valence electrons. The van der Waals surface area contributed by atoms with E-state index >= 15 is 0 Å². The van der Waals surface area contributed by atoms with Crippen LogP contribution in [0.1, 0.15) is 24.9 Å². The zero-order chi connectivity index (χ0) is 10.6. The van der Waals surface area contributed by atoms with Crippen LogP contribution in [-0.4, -0.2) is 24.0 Å². The lowest BCUT2D eigenvalue weighted by Crippen LogP contribution is -2.26. The normalized spacial score (nSPS) is 15.1. The molecule has 2 unspecified atom stereocenters. The maximum Gasteiger partial charge on any atom is 0.0675 e. The van der Waals surface area contributed by atoms with Crippen molar-refractivity contribution in [1.82, 2.24) is 9.88 Å². The van der Waals surface area contributed by atoms with Crippen molar-refractivity contribution >= 4 is 0 Å². The van der Waals surface area contributed by atoms with Crippen molar-refractivity contribution in [3.8, 4) is 6.07 Å². The van der Waals surface area contributed by atoms with E-state index in [0.717, 1.165) is 6.42 Å². The maximum atomic E-state index is 9.06. The number of rotatable bonds is 4. The third kappa shape index (κ3) is 2.15. The van der Waals surface area contributed by atoms with Crippen molar-refractivity contribution < 1.29 is 0 Å². The van der Waals surface area contributed by atoms with Crippen LogP contribution in [-0.2, 0) is 0 Å². The van der Waals surface area contributed by atoms with Gasteiger partial charge in [0.15, 0.2) is 0 Å². The van der Waals surface area contributed by atoms with Gasteiger partial charge in [0.05, 0.1) is 18.0 Å². The smallest absolute Gasteiger partial charge is 0.0675 e.